The van der Waals surface area contributed by atoms with Crippen molar-refractivity contribution in [1.82, 2.24) is 4.72 Å². The Balaban J connectivity index is 2.98. The average molecular weight is 263 g/mol. The average Bonchev–Trinajstić information content (AvgIpc) is 2.20. The summed E-state index contributed by atoms with van der Waals surface area (Å²) in [5.41, 5.74) is -0.00535. The van der Waals surface area contributed by atoms with Gasteiger partial charge in [0.15, 0.2) is 0 Å². The van der Waals surface area contributed by atoms with Gasteiger partial charge in [-0.15, -0.1) is 0 Å². The van der Waals surface area contributed by atoms with Crippen LogP contribution in [0, 0.1) is 11.6 Å². The summed E-state index contributed by atoms with van der Waals surface area (Å²) in [4.78, 5) is 0. The van der Waals surface area contributed by atoms with Crippen molar-refractivity contribution in [3.8, 4) is 0 Å². The van der Waals surface area contributed by atoms with Crippen LogP contribution in [0.25, 0.3) is 0 Å². The molecule has 1 aromatic carbocycles. The van der Waals surface area contributed by atoms with Gasteiger partial charge in [0.05, 0.1) is 5.25 Å². The lowest BCUT2D eigenvalue weighted by Gasteiger charge is -2.17. The van der Waals surface area contributed by atoms with E-state index in [1.165, 1.54) is 20.8 Å². The fraction of sp³-hybridized carbons (Fsp3) is 0.455. The summed E-state index contributed by atoms with van der Waals surface area (Å²) in [6.07, 6.45) is 0. The van der Waals surface area contributed by atoms with E-state index in [1.54, 1.807) is 0 Å². The van der Waals surface area contributed by atoms with Gasteiger partial charge in [0.25, 0.3) is 0 Å². The zero-order valence-electron chi connectivity index (χ0n) is 9.87. The van der Waals surface area contributed by atoms with Gasteiger partial charge in [0, 0.05) is 11.6 Å². The Bertz CT molecular complexity index is 500. The van der Waals surface area contributed by atoms with E-state index in [0.717, 1.165) is 18.2 Å². The first-order valence-electron chi connectivity index (χ1n) is 5.20. The molecule has 0 radical (unpaired) electrons. The molecule has 1 atom stereocenters. The molecule has 6 heteroatoms. The minimum absolute atomic E-state index is 0.00535. The standard InChI is InChI=1S/C11H15F2NO2S/c1-7(2)17(15,16)14-8(3)10-6-9(12)4-5-11(10)13/h4-8,14H,1-3H3. The summed E-state index contributed by atoms with van der Waals surface area (Å²) >= 11 is 0. The van der Waals surface area contributed by atoms with Gasteiger partial charge < -0.3 is 0 Å². The summed E-state index contributed by atoms with van der Waals surface area (Å²) in [7, 11) is -3.51. The molecular weight excluding hydrogens is 248 g/mol. The van der Waals surface area contributed by atoms with E-state index >= 15 is 0 Å². The van der Waals surface area contributed by atoms with Crippen LogP contribution in [0.1, 0.15) is 32.4 Å². The minimum atomic E-state index is -3.51. The molecule has 0 heterocycles. The molecule has 1 unspecified atom stereocenters. The lowest BCUT2D eigenvalue weighted by molar-refractivity contribution is 0.536. The predicted octanol–water partition coefficient (Wildman–Crippen LogP) is 2.35. The highest BCUT2D eigenvalue weighted by atomic mass is 32.2. The van der Waals surface area contributed by atoms with Gasteiger partial charge in [-0.3, -0.25) is 0 Å². The summed E-state index contributed by atoms with van der Waals surface area (Å²) in [6, 6.07) is 2.15. The van der Waals surface area contributed by atoms with Gasteiger partial charge in [-0.05, 0) is 39.0 Å². The van der Waals surface area contributed by atoms with Crippen molar-refractivity contribution in [3.63, 3.8) is 0 Å². The quantitative estimate of drug-likeness (QED) is 0.906. The van der Waals surface area contributed by atoms with Gasteiger partial charge in [-0.2, -0.15) is 0 Å². The van der Waals surface area contributed by atoms with Crippen LogP contribution < -0.4 is 4.72 Å². The molecule has 0 fully saturated rings. The molecule has 0 amide bonds. The number of nitrogens with one attached hydrogen (secondary N) is 1. The highest BCUT2D eigenvalue weighted by Gasteiger charge is 2.21. The second kappa shape index (κ2) is 5.10. The highest BCUT2D eigenvalue weighted by molar-refractivity contribution is 7.90. The smallest absolute Gasteiger partial charge is 0.212 e. The van der Waals surface area contributed by atoms with E-state index in [2.05, 4.69) is 4.72 Å². The van der Waals surface area contributed by atoms with Crippen LogP contribution in [-0.4, -0.2) is 13.7 Å². The SMILES string of the molecule is CC(NS(=O)(=O)C(C)C)c1cc(F)ccc1F. The van der Waals surface area contributed by atoms with Crippen molar-refractivity contribution in [1.29, 1.82) is 0 Å². The Kier molecular flexibility index (Phi) is 4.21. The number of halogens is 2. The molecule has 1 rings (SSSR count). The van der Waals surface area contributed by atoms with E-state index < -0.39 is 32.9 Å². The zero-order valence-corrected chi connectivity index (χ0v) is 10.7. The molecule has 0 saturated carbocycles. The predicted molar refractivity (Wildman–Crippen MR) is 62.0 cm³/mol. The lowest BCUT2D eigenvalue weighted by Crippen LogP contribution is -2.33. The largest absolute Gasteiger partial charge is 0.214 e. The maximum absolute atomic E-state index is 13.4. The van der Waals surface area contributed by atoms with Crippen molar-refractivity contribution in [3.05, 3.63) is 35.4 Å². The van der Waals surface area contributed by atoms with E-state index in [4.69, 9.17) is 0 Å². The van der Waals surface area contributed by atoms with E-state index in [1.807, 2.05) is 0 Å². The number of benzene rings is 1. The Morgan fingerprint density at radius 2 is 1.76 bits per heavy atom. The third-order valence-electron chi connectivity index (χ3n) is 2.39. The summed E-state index contributed by atoms with van der Waals surface area (Å²) in [5.74, 6) is -1.23. The van der Waals surface area contributed by atoms with Crippen LogP contribution in [0.5, 0.6) is 0 Å². The van der Waals surface area contributed by atoms with Crippen molar-refractivity contribution >= 4 is 10.0 Å². The molecule has 1 aromatic rings. The maximum Gasteiger partial charge on any atom is 0.214 e. The lowest BCUT2D eigenvalue weighted by atomic mass is 10.1. The first-order valence-corrected chi connectivity index (χ1v) is 6.74. The Hall–Kier alpha value is -1.01. The molecule has 17 heavy (non-hydrogen) atoms. The van der Waals surface area contributed by atoms with Crippen molar-refractivity contribution < 1.29 is 17.2 Å². The molecule has 96 valence electrons. The van der Waals surface area contributed by atoms with Gasteiger partial charge in [-0.1, -0.05) is 0 Å². The first kappa shape index (κ1) is 14.1. The van der Waals surface area contributed by atoms with Crippen LogP contribution >= 0.6 is 0 Å². The van der Waals surface area contributed by atoms with Gasteiger partial charge in [0.2, 0.25) is 10.0 Å². The van der Waals surface area contributed by atoms with Gasteiger partial charge in [-0.25, -0.2) is 21.9 Å². The number of hydrogen-bond donors (Lipinski definition) is 1. The Morgan fingerprint density at radius 3 is 2.29 bits per heavy atom. The van der Waals surface area contributed by atoms with Crippen LogP contribution in [0.2, 0.25) is 0 Å². The molecule has 1 N–H and O–H groups in total. The summed E-state index contributed by atoms with van der Waals surface area (Å²) in [6.45, 7) is 4.49. The van der Waals surface area contributed by atoms with Crippen LogP contribution in [0.3, 0.4) is 0 Å². The Morgan fingerprint density at radius 1 is 1.18 bits per heavy atom. The fourth-order valence-corrected chi connectivity index (χ4v) is 2.18. The number of hydrogen-bond acceptors (Lipinski definition) is 2. The van der Waals surface area contributed by atoms with Crippen LogP contribution in [-0.2, 0) is 10.0 Å². The third-order valence-corrected chi connectivity index (χ3v) is 4.31. The molecule has 0 aliphatic heterocycles. The first-order chi connectivity index (χ1) is 7.74. The maximum atomic E-state index is 13.4. The second-order valence-electron chi connectivity index (χ2n) is 4.10. The Labute approximate surface area is 99.9 Å². The molecule has 0 aliphatic rings. The van der Waals surface area contributed by atoms with Crippen LogP contribution in [0.4, 0.5) is 8.78 Å². The molecule has 0 bridgehead atoms. The zero-order chi connectivity index (χ0) is 13.2. The van der Waals surface area contributed by atoms with Crippen LogP contribution in [0.15, 0.2) is 18.2 Å². The number of rotatable bonds is 4. The molecule has 3 nitrogen and oxygen atoms in total. The topological polar surface area (TPSA) is 46.2 Å². The monoisotopic (exact) mass is 263 g/mol. The van der Waals surface area contributed by atoms with E-state index in [0.29, 0.717) is 0 Å². The van der Waals surface area contributed by atoms with E-state index in [9.17, 15) is 17.2 Å². The van der Waals surface area contributed by atoms with Crippen molar-refractivity contribution in [2.24, 2.45) is 0 Å². The van der Waals surface area contributed by atoms with Gasteiger partial charge >= 0.3 is 0 Å². The molecular formula is C11H15F2NO2S. The molecule has 0 aliphatic carbocycles. The third kappa shape index (κ3) is 3.47. The van der Waals surface area contributed by atoms with Crippen molar-refractivity contribution in [2.45, 2.75) is 32.1 Å². The van der Waals surface area contributed by atoms with E-state index in [-0.39, 0.29) is 5.56 Å². The summed E-state index contributed by atoms with van der Waals surface area (Å²) < 4.78 is 51.8. The van der Waals surface area contributed by atoms with Crippen molar-refractivity contribution in [2.75, 3.05) is 0 Å². The molecule has 0 saturated heterocycles. The van der Waals surface area contributed by atoms with Gasteiger partial charge in [0.1, 0.15) is 11.6 Å². The molecule has 0 spiro atoms. The highest BCUT2D eigenvalue weighted by Crippen LogP contribution is 2.19. The number of sulfonamides is 1. The minimum Gasteiger partial charge on any atom is -0.212 e. The summed E-state index contributed by atoms with van der Waals surface area (Å²) in [5, 5.41) is -0.624. The fourth-order valence-electron chi connectivity index (χ4n) is 1.29. The normalized spacial score (nSPS) is 14.0. The second-order valence-corrected chi connectivity index (χ2v) is 6.37. The molecule has 0 aromatic heterocycles.